The number of carbonyl (C=O) groups is 1. The Hall–Kier alpha value is -3.72. The standard InChI is InChI=1S/C23H22N6O2S/c1-14-10-15(2)29(27-14)13-17-8-9-20(31-17)22(30)24-23-26-25-21(32-23)11-16-12-28(3)19-7-5-4-6-18(16)19/h4-10,12H,11,13H2,1-3H3,(H,24,26,30). The summed E-state index contributed by atoms with van der Waals surface area (Å²) in [5, 5.41) is 18.1. The van der Waals surface area contributed by atoms with Crippen LogP contribution in [-0.4, -0.2) is 30.5 Å². The van der Waals surface area contributed by atoms with Crippen molar-refractivity contribution in [2.24, 2.45) is 7.05 Å². The Bertz CT molecular complexity index is 1420. The predicted molar refractivity (Wildman–Crippen MR) is 123 cm³/mol. The molecule has 1 aromatic carbocycles. The van der Waals surface area contributed by atoms with E-state index in [0.29, 0.717) is 23.9 Å². The maximum atomic E-state index is 12.6. The fourth-order valence-corrected chi connectivity index (χ4v) is 4.59. The number of nitrogens with zero attached hydrogens (tertiary/aromatic N) is 5. The van der Waals surface area contributed by atoms with E-state index >= 15 is 0 Å². The van der Waals surface area contributed by atoms with Crippen molar-refractivity contribution >= 4 is 33.3 Å². The lowest BCUT2D eigenvalue weighted by atomic mass is 10.1. The highest BCUT2D eigenvalue weighted by atomic mass is 32.1. The molecule has 0 fully saturated rings. The van der Waals surface area contributed by atoms with Gasteiger partial charge in [-0.2, -0.15) is 5.10 Å². The van der Waals surface area contributed by atoms with Crippen molar-refractivity contribution < 1.29 is 9.21 Å². The van der Waals surface area contributed by atoms with Gasteiger partial charge in [-0.3, -0.25) is 14.8 Å². The quantitative estimate of drug-likeness (QED) is 0.419. The van der Waals surface area contributed by atoms with Crippen LogP contribution in [0.25, 0.3) is 10.9 Å². The van der Waals surface area contributed by atoms with Gasteiger partial charge in [0.05, 0.1) is 12.2 Å². The number of anilines is 1. The predicted octanol–water partition coefficient (Wildman–Crippen LogP) is 4.33. The van der Waals surface area contributed by atoms with Gasteiger partial charge in [0.25, 0.3) is 5.91 Å². The zero-order chi connectivity index (χ0) is 22.2. The van der Waals surface area contributed by atoms with Gasteiger partial charge in [0.15, 0.2) is 5.76 Å². The SMILES string of the molecule is Cc1cc(C)n(Cc2ccc(C(=O)Nc3nnc(Cc4cn(C)c5ccccc45)s3)o2)n1. The minimum Gasteiger partial charge on any atom is -0.454 e. The van der Waals surface area contributed by atoms with E-state index in [-0.39, 0.29) is 11.7 Å². The third-order valence-corrected chi connectivity index (χ3v) is 6.14. The molecule has 4 aromatic heterocycles. The zero-order valence-electron chi connectivity index (χ0n) is 18.0. The van der Waals surface area contributed by atoms with Crippen LogP contribution in [0.5, 0.6) is 0 Å². The topological polar surface area (TPSA) is 90.8 Å². The van der Waals surface area contributed by atoms with E-state index < -0.39 is 0 Å². The molecule has 0 unspecified atom stereocenters. The number of rotatable bonds is 6. The number of carbonyl (C=O) groups excluding carboxylic acids is 1. The molecule has 5 rings (SSSR count). The van der Waals surface area contributed by atoms with Crippen molar-refractivity contribution in [3.63, 3.8) is 0 Å². The average molecular weight is 447 g/mol. The van der Waals surface area contributed by atoms with Crippen molar-refractivity contribution in [1.82, 2.24) is 24.5 Å². The Morgan fingerprint density at radius 3 is 2.81 bits per heavy atom. The van der Waals surface area contributed by atoms with Crippen LogP contribution in [0, 0.1) is 13.8 Å². The third kappa shape index (κ3) is 3.94. The van der Waals surface area contributed by atoms with E-state index in [4.69, 9.17) is 4.42 Å². The van der Waals surface area contributed by atoms with Gasteiger partial charge in [0.2, 0.25) is 5.13 Å². The van der Waals surface area contributed by atoms with Gasteiger partial charge in [-0.1, -0.05) is 29.5 Å². The number of benzene rings is 1. The lowest BCUT2D eigenvalue weighted by Crippen LogP contribution is -2.10. The highest BCUT2D eigenvalue weighted by Crippen LogP contribution is 2.25. The van der Waals surface area contributed by atoms with E-state index in [1.807, 2.05) is 43.8 Å². The van der Waals surface area contributed by atoms with E-state index in [9.17, 15) is 4.79 Å². The number of nitrogens with one attached hydrogen (secondary N) is 1. The van der Waals surface area contributed by atoms with Crippen LogP contribution in [0.3, 0.4) is 0 Å². The molecule has 0 saturated heterocycles. The van der Waals surface area contributed by atoms with Crippen molar-refractivity contribution in [1.29, 1.82) is 0 Å². The summed E-state index contributed by atoms with van der Waals surface area (Å²) < 4.78 is 9.67. The summed E-state index contributed by atoms with van der Waals surface area (Å²) in [6, 6.07) is 13.7. The van der Waals surface area contributed by atoms with Crippen LogP contribution in [-0.2, 0) is 20.0 Å². The van der Waals surface area contributed by atoms with Crippen molar-refractivity contribution in [3.05, 3.63) is 82.1 Å². The van der Waals surface area contributed by atoms with Gasteiger partial charge in [0, 0.05) is 36.3 Å². The number of hydrogen-bond acceptors (Lipinski definition) is 6. The molecule has 9 heteroatoms. The molecule has 0 radical (unpaired) electrons. The molecule has 1 N–H and O–H groups in total. The molecule has 0 spiro atoms. The number of furan rings is 1. The molecule has 8 nitrogen and oxygen atoms in total. The molecule has 1 amide bonds. The van der Waals surface area contributed by atoms with Crippen LogP contribution in [0.4, 0.5) is 5.13 Å². The summed E-state index contributed by atoms with van der Waals surface area (Å²) in [7, 11) is 2.03. The highest BCUT2D eigenvalue weighted by Gasteiger charge is 2.16. The number of amides is 1. The maximum absolute atomic E-state index is 12.6. The van der Waals surface area contributed by atoms with Crippen LogP contribution in [0.1, 0.15) is 38.3 Å². The Morgan fingerprint density at radius 1 is 1.16 bits per heavy atom. The van der Waals surface area contributed by atoms with Crippen molar-refractivity contribution in [3.8, 4) is 0 Å². The maximum Gasteiger partial charge on any atom is 0.293 e. The summed E-state index contributed by atoms with van der Waals surface area (Å²) in [6.45, 7) is 4.41. The van der Waals surface area contributed by atoms with E-state index in [0.717, 1.165) is 16.4 Å². The summed E-state index contributed by atoms with van der Waals surface area (Å²) in [6.07, 6.45) is 2.76. The number of aromatic nitrogens is 5. The van der Waals surface area contributed by atoms with Crippen LogP contribution >= 0.6 is 11.3 Å². The molecule has 0 aliphatic rings. The van der Waals surface area contributed by atoms with E-state index in [2.05, 4.69) is 43.5 Å². The third-order valence-electron chi connectivity index (χ3n) is 5.30. The lowest BCUT2D eigenvalue weighted by Gasteiger charge is -2.01. The van der Waals surface area contributed by atoms with Gasteiger partial charge in [-0.05, 0) is 43.7 Å². The normalized spacial score (nSPS) is 11.3. The Kier molecular flexibility index (Phi) is 5.10. The Morgan fingerprint density at radius 2 is 2.00 bits per heavy atom. The van der Waals surface area contributed by atoms with Crippen LogP contribution in [0.15, 0.2) is 53.1 Å². The number of aryl methyl sites for hydroxylation is 3. The van der Waals surface area contributed by atoms with Crippen molar-refractivity contribution in [2.45, 2.75) is 26.8 Å². The second kappa shape index (κ2) is 8.08. The Labute approximate surface area is 188 Å². The molecule has 0 aliphatic heterocycles. The van der Waals surface area contributed by atoms with Crippen molar-refractivity contribution in [2.75, 3.05) is 5.32 Å². The zero-order valence-corrected chi connectivity index (χ0v) is 18.8. The fourth-order valence-electron chi connectivity index (χ4n) is 3.83. The Balaban J connectivity index is 1.26. The molecule has 0 aliphatic carbocycles. The smallest absolute Gasteiger partial charge is 0.293 e. The first kappa shape index (κ1) is 20.2. The van der Waals surface area contributed by atoms with Gasteiger partial charge in [-0.15, -0.1) is 10.2 Å². The number of fused-ring (bicyclic) bond motifs is 1. The van der Waals surface area contributed by atoms with Crippen LogP contribution < -0.4 is 5.32 Å². The first-order chi connectivity index (χ1) is 15.5. The molecule has 5 aromatic rings. The molecular formula is C23H22N6O2S. The molecule has 162 valence electrons. The molecule has 0 saturated carbocycles. The second-order valence-electron chi connectivity index (χ2n) is 7.76. The molecular weight excluding hydrogens is 424 g/mol. The van der Waals surface area contributed by atoms with E-state index in [1.165, 1.54) is 27.8 Å². The van der Waals surface area contributed by atoms with Gasteiger partial charge >= 0.3 is 0 Å². The highest BCUT2D eigenvalue weighted by molar-refractivity contribution is 7.15. The van der Waals surface area contributed by atoms with Gasteiger partial charge in [-0.25, -0.2) is 0 Å². The minimum absolute atomic E-state index is 0.229. The summed E-state index contributed by atoms with van der Waals surface area (Å²) in [4.78, 5) is 12.6. The lowest BCUT2D eigenvalue weighted by molar-refractivity contribution is 0.0994. The monoisotopic (exact) mass is 446 g/mol. The largest absolute Gasteiger partial charge is 0.454 e. The molecule has 0 atom stereocenters. The average Bonchev–Trinajstić information content (AvgIpc) is 3.53. The fraction of sp³-hybridized carbons (Fsp3) is 0.217. The molecule has 0 bridgehead atoms. The summed E-state index contributed by atoms with van der Waals surface area (Å²) >= 11 is 1.36. The summed E-state index contributed by atoms with van der Waals surface area (Å²) in [5.74, 6) is 0.542. The summed E-state index contributed by atoms with van der Waals surface area (Å²) in [5.41, 5.74) is 4.34. The second-order valence-corrected chi connectivity index (χ2v) is 8.83. The first-order valence-electron chi connectivity index (χ1n) is 10.2. The molecule has 4 heterocycles. The van der Waals surface area contributed by atoms with Gasteiger partial charge in [0.1, 0.15) is 10.8 Å². The van der Waals surface area contributed by atoms with E-state index in [1.54, 1.807) is 12.1 Å². The first-order valence-corrected chi connectivity index (χ1v) is 11.0. The number of para-hydroxylation sites is 1. The molecule has 32 heavy (non-hydrogen) atoms. The van der Waals surface area contributed by atoms with Gasteiger partial charge < -0.3 is 8.98 Å². The number of hydrogen-bond donors (Lipinski definition) is 1. The van der Waals surface area contributed by atoms with Crippen LogP contribution in [0.2, 0.25) is 0 Å². The minimum atomic E-state index is -0.350.